The number of nitrogens with one attached hydrogen (secondary N) is 1. The molecule has 1 N–H and O–H groups in total. The molecule has 0 aliphatic heterocycles. The van der Waals surface area contributed by atoms with Crippen molar-refractivity contribution in [2.24, 2.45) is 0 Å². The fourth-order valence-corrected chi connectivity index (χ4v) is 2.93. The van der Waals surface area contributed by atoms with Crippen molar-refractivity contribution < 1.29 is 0 Å². The van der Waals surface area contributed by atoms with Crippen LogP contribution in [-0.2, 0) is 0 Å². The summed E-state index contributed by atoms with van der Waals surface area (Å²) in [5.74, 6) is 0.686. The van der Waals surface area contributed by atoms with E-state index in [0.29, 0.717) is 5.95 Å². The Balaban J connectivity index is 1.88. The van der Waals surface area contributed by atoms with Crippen LogP contribution in [0.2, 0.25) is 0 Å². The summed E-state index contributed by atoms with van der Waals surface area (Å²) in [7, 11) is 0. The molecule has 5 heteroatoms. The van der Waals surface area contributed by atoms with E-state index < -0.39 is 0 Å². The summed E-state index contributed by atoms with van der Waals surface area (Å²) in [5, 5.41) is 9.96. The molecule has 0 fully saturated rings. The minimum atomic E-state index is 0.276. The van der Waals surface area contributed by atoms with Crippen LogP contribution in [0.4, 0.5) is 5.95 Å². The third-order valence-electron chi connectivity index (χ3n) is 3.09. The van der Waals surface area contributed by atoms with E-state index in [-0.39, 0.29) is 6.04 Å². The number of anilines is 1. The number of hydrogen-bond donors (Lipinski definition) is 1. The maximum absolute atomic E-state index is 4.52. The van der Waals surface area contributed by atoms with Crippen molar-refractivity contribution in [1.29, 1.82) is 0 Å². The molecule has 0 saturated carbocycles. The first-order valence-electron chi connectivity index (χ1n) is 6.39. The van der Waals surface area contributed by atoms with Crippen molar-refractivity contribution in [3.05, 3.63) is 46.3 Å². The summed E-state index contributed by atoms with van der Waals surface area (Å²) >= 11 is 1.76. The van der Waals surface area contributed by atoms with Crippen LogP contribution in [0.5, 0.6) is 0 Å². The molecule has 3 rings (SSSR count). The van der Waals surface area contributed by atoms with Gasteiger partial charge in [-0.05, 0) is 42.5 Å². The van der Waals surface area contributed by atoms with Gasteiger partial charge in [-0.1, -0.05) is 13.0 Å². The summed E-state index contributed by atoms with van der Waals surface area (Å²) in [6.45, 7) is 4.22. The quantitative estimate of drug-likeness (QED) is 0.788. The molecular formula is C14H16N4S. The van der Waals surface area contributed by atoms with Crippen LogP contribution in [0.15, 0.2) is 35.8 Å². The molecule has 0 bridgehead atoms. The number of aromatic nitrogens is 3. The number of pyridine rings is 1. The molecule has 4 nitrogen and oxygen atoms in total. The Morgan fingerprint density at radius 2 is 2.32 bits per heavy atom. The minimum Gasteiger partial charge on any atom is -0.345 e. The molecule has 3 heterocycles. The lowest BCUT2D eigenvalue weighted by atomic mass is 10.2. The molecule has 98 valence electrons. The molecule has 19 heavy (non-hydrogen) atoms. The average Bonchev–Trinajstić information content (AvgIpc) is 3.04. The van der Waals surface area contributed by atoms with Crippen molar-refractivity contribution in [1.82, 2.24) is 14.6 Å². The molecular weight excluding hydrogens is 256 g/mol. The van der Waals surface area contributed by atoms with Gasteiger partial charge in [-0.2, -0.15) is 4.98 Å². The number of aryl methyl sites for hydroxylation is 1. The van der Waals surface area contributed by atoms with Crippen LogP contribution in [0.3, 0.4) is 0 Å². The number of hydrogen-bond acceptors (Lipinski definition) is 4. The highest BCUT2D eigenvalue weighted by molar-refractivity contribution is 7.10. The van der Waals surface area contributed by atoms with Crippen molar-refractivity contribution in [2.45, 2.75) is 26.3 Å². The lowest BCUT2D eigenvalue weighted by Gasteiger charge is -2.13. The fraction of sp³-hybridized carbons (Fsp3) is 0.286. The Kier molecular flexibility index (Phi) is 3.21. The summed E-state index contributed by atoms with van der Waals surface area (Å²) in [6.07, 6.45) is 2.95. The third kappa shape index (κ3) is 2.46. The van der Waals surface area contributed by atoms with Crippen molar-refractivity contribution in [3.63, 3.8) is 0 Å². The Hall–Kier alpha value is -1.88. The lowest BCUT2D eigenvalue weighted by Crippen LogP contribution is -2.09. The van der Waals surface area contributed by atoms with E-state index in [9.17, 15) is 0 Å². The Morgan fingerprint density at radius 3 is 3.05 bits per heavy atom. The Labute approximate surface area is 116 Å². The zero-order valence-electron chi connectivity index (χ0n) is 11.0. The molecule has 0 radical (unpaired) electrons. The fourth-order valence-electron chi connectivity index (χ4n) is 2.06. The monoisotopic (exact) mass is 272 g/mol. The Bertz CT molecular complexity index is 672. The van der Waals surface area contributed by atoms with Gasteiger partial charge in [0.15, 0.2) is 5.65 Å². The van der Waals surface area contributed by atoms with Gasteiger partial charge in [0, 0.05) is 11.1 Å². The van der Waals surface area contributed by atoms with Crippen molar-refractivity contribution in [2.75, 3.05) is 5.32 Å². The van der Waals surface area contributed by atoms with Crippen LogP contribution in [0, 0.1) is 6.92 Å². The highest BCUT2D eigenvalue weighted by Crippen LogP contribution is 2.25. The maximum Gasteiger partial charge on any atom is 0.243 e. The standard InChI is InChI=1S/C14H16N4S/c1-3-11(12-5-4-8-19-12)15-14-16-13-9-10(2)6-7-18(13)17-14/h4-9,11H,3H2,1-2H3,(H,15,17). The van der Waals surface area contributed by atoms with Gasteiger partial charge in [-0.25, -0.2) is 4.52 Å². The summed E-state index contributed by atoms with van der Waals surface area (Å²) in [4.78, 5) is 5.83. The van der Waals surface area contributed by atoms with Gasteiger partial charge in [0.1, 0.15) is 0 Å². The van der Waals surface area contributed by atoms with Crippen molar-refractivity contribution in [3.8, 4) is 0 Å². The van der Waals surface area contributed by atoms with E-state index in [0.717, 1.165) is 12.1 Å². The van der Waals surface area contributed by atoms with E-state index in [2.05, 4.69) is 46.8 Å². The van der Waals surface area contributed by atoms with E-state index in [1.165, 1.54) is 10.4 Å². The zero-order valence-corrected chi connectivity index (χ0v) is 11.8. The van der Waals surface area contributed by atoms with Gasteiger partial charge in [-0.3, -0.25) is 0 Å². The van der Waals surface area contributed by atoms with Crippen LogP contribution >= 0.6 is 11.3 Å². The molecule has 1 unspecified atom stereocenters. The van der Waals surface area contributed by atoms with Crippen molar-refractivity contribution >= 4 is 22.9 Å². The van der Waals surface area contributed by atoms with Gasteiger partial charge < -0.3 is 5.32 Å². The van der Waals surface area contributed by atoms with E-state index in [1.807, 2.05) is 18.3 Å². The SMILES string of the molecule is CCC(Nc1nc2cc(C)ccn2n1)c1cccs1. The first-order chi connectivity index (χ1) is 9.26. The normalized spacial score (nSPS) is 12.7. The maximum atomic E-state index is 4.52. The second-order valence-corrected chi connectivity index (χ2v) is 5.54. The number of fused-ring (bicyclic) bond motifs is 1. The van der Waals surface area contributed by atoms with E-state index >= 15 is 0 Å². The molecule has 0 saturated heterocycles. The highest BCUT2D eigenvalue weighted by atomic mass is 32.1. The lowest BCUT2D eigenvalue weighted by molar-refractivity contribution is 0.751. The minimum absolute atomic E-state index is 0.276. The van der Waals surface area contributed by atoms with Crippen LogP contribution in [0.1, 0.15) is 29.8 Å². The molecule has 0 aliphatic carbocycles. The summed E-state index contributed by atoms with van der Waals surface area (Å²) < 4.78 is 1.80. The van der Waals surface area contributed by atoms with Gasteiger partial charge in [0.05, 0.1) is 6.04 Å². The largest absolute Gasteiger partial charge is 0.345 e. The van der Waals surface area contributed by atoms with E-state index in [1.54, 1.807) is 15.9 Å². The molecule has 3 aromatic heterocycles. The molecule has 0 spiro atoms. The Morgan fingerprint density at radius 1 is 1.42 bits per heavy atom. The highest BCUT2D eigenvalue weighted by Gasteiger charge is 2.12. The predicted octanol–water partition coefficient (Wildman–Crippen LogP) is 3.66. The van der Waals surface area contributed by atoms with E-state index in [4.69, 9.17) is 0 Å². The molecule has 0 aromatic carbocycles. The number of rotatable bonds is 4. The first kappa shape index (κ1) is 12.2. The number of thiophene rings is 1. The number of nitrogens with zero attached hydrogens (tertiary/aromatic N) is 3. The van der Waals surface area contributed by atoms with Crippen LogP contribution in [0.25, 0.3) is 5.65 Å². The second-order valence-electron chi connectivity index (χ2n) is 4.56. The van der Waals surface area contributed by atoms with Gasteiger partial charge in [0.2, 0.25) is 5.95 Å². The third-order valence-corrected chi connectivity index (χ3v) is 4.08. The molecule has 1 atom stereocenters. The molecule has 0 amide bonds. The molecule has 3 aromatic rings. The summed E-state index contributed by atoms with van der Waals surface area (Å²) in [6, 6.07) is 8.56. The van der Waals surface area contributed by atoms with Crippen LogP contribution in [-0.4, -0.2) is 14.6 Å². The smallest absolute Gasteiger partial charge is 0.243 e. The summed E-state index contributed by atoms with van der Waals surface area (Å²) in [5.41, 5.74) is 2.07. The van der Waals surface area contributed by atoms with Gasteiger partial charge >= 0.3 is 0 Å². The van der Waals surface area contributed by atoms with Crippen LogP contribution < -0.4 is 5.32 Å². The predicted molar refractivity (Wildman–Crippen MR) is 78.7 cm³/mol. The first-order valence-corrected chi connectivity index (χ1v) is 7.27. The second kappa shape index (κ2) is 5.01. The van der Waals surface area contributed by atoms with Gasteiger partial charge in [-0.15, -0.1) is 16.4 Å². The topological polar surface area (TPSA) is 42.2 Å². The molecule has 0 aliphatic rings. The van der Waals surface area contributed by atoms with Gasteiger partial charge in [0.25, 0.3) is 0 Å². The zero-order chi connectivity index (χ0) is 13.2. The average molecular weight is 272 g/mol.